The molecule has 0 fully saturated rings. The molecule has 5 nitrogen and oxygen atoms in total. The Kier molecular flexibility index (Phi) is 6.16. The van der Waals surface area contributed by atoms with Gasteiger partial charge in [-0.2, -0.15) is 0 Å². The molecule has 0 heterocycles. The standard InChI is InChI=1S/C21H19BrN2O3S/c1-28(26,27)24(15-16-5-3-2-4-6-16)20-13-7-17(8-14-20)21(25)23-19-11-9-18(22)10-12-19/h2-14H,15H2,1H3,(H,23,25). The van der Waals surface area contributed by atoms with Crippen molar-refractivity contribution in [3.63, 3.8) is 0 Å². The van der Waals surface area contributed by atoms with Crippen LogP contribution < -0.4 is 9.62 Å². The number of rotatable bonds is 6. The molecule has 0 saturated carbocycles. The van der Waals surface area contributed by atoms with Gasteiger partial charge in [0.15, 0.2) is 0 Å². The van der Waals surface area contributed by atoms with Gasteiger partial charge in [0.05, 0.1) is 18.5 Å². The maximum Gasteiger partial charge on any atom is 0.255 e. The van der Waals surface area contributed by atoms with E-state index in [1.54, 1.807) is 36.4 Å². The summed E-state index contributed by atoms with van der Waals surface area (Å²) in [5.41, 5.74) is 2.51. The SMILES string of the molecule is CS(=O)(=O)N(Cc1ccccc1)c1ccc(C(=O)Nc2ccc(Br)cc2)cc1. The zero-order valence-electron chi connectivity index (χ0n) is 15.2. The molecule has 0 atom stereocenters. The number of sulfonamides is 1. The van der Waals surface area contributed by atoms with E-state index in [2.05, 4.69) is 21.2 Å². The molecule has 3 aromatic rings. The van der Waals surface area contributed by atoms with Crippen molar-refractivity contribution >= 4 is 43.2 Å². The van der Waals surface area contributed by atoms with E-state index >= 15 is 0 Å². The second kappa shape index (κ2) is 8.58. The van der Waals surface area contributed by atoms with Gasteiger partial charge in [-0.1, -0.05) is 46.3 Å². The molecule has 0 radical (unpaired) electrons. The Balaban J connectivity index is 1.78. The first-order valence-electron chi connectivity index (χ1n) is 8.51. The first kappa shape index (κ1) is 20.1. The summed E-state index contributed by atoms with van der Waals surface area (Å²) in [7, 11) is -3.47. The molecule has 0 aliphatic rings. The van der Waals surface area contributed by atoms with E-state index in [0.29, 0.717) is 16.9 Å². The third-order valence-corrected chi connectivity index (χ3v) is 5.76. The fraction of sp³-hybridized carbons (Fsp3) is 0.0952. The van der Waals surface area contributed by atoms with Gasteiger partial charge >= 0.3 is 0 Å². The van der Waals surface area contributed by atoms with Crippen molar-refractivity contribution in [1.29, 1.82) is 0 Å². The van der Waals surface area contributed by atoms with E-state index in [9.17, 15) is 13.2 Å². The number of halogens is 1. The van der Waals surface area contributed by atoms with Crippen molar-refractivity contribution in [2.45, 2.75) is 6.54 Å². The molecule has 0 saturated heterocycles. The highest BCUT2D eigenvalue weighted by Gasteiger charge is 2.18. The molecule has 0 spiro atoms. The minimum atomic E-state index is -3.47. The van der Waals surface area contributed by atoms with Crippen LogP contribution in [0.3, 0.4) is 0 Å². The number of hydrogen-bond donors (Lipinski definition) is 1. The molecule has 0 aliphatic heterocycles. The number of carbonyl (C=O) groups is 1. The Hall–Kier alpha value is -2.64. The summed E-state index contributed by atoms with van der Waals surface area (Å²) >= 11 is 3.35. The second-order valence-corrected chi connectivity index (χ2v) is 9.09. The number of anilines is 2. The minimum absolute atomic E-state index is 0.226. The lowest BCUT2D eigenvalue weighted by atomic mass is 10.1. The third-order valence-electron chi connectivity index (χ3n) is 4.09. The van der Waals surface area contributed by atoms with Crippen LogP contribution in [0.4, 0.5) is 11.4 Å². The van der Waals surface area contributed by atoms with Crippen LogP contribution in [-0.2, 0) is 16.6 Å². The van der Waals surface area contributed by atoms with Crippen molar-refractivity contribution in [2.75, 3.05) is 15.9 Å². The van der Waals surface area contributed by atoms with E-state index in [-0.39, 0.29) is 12.5 Å². The van der Waals surface area contributed by atoms with Gasteiger partial charge in [-0.05, 0) is 54.1 Å². The third kappa shape index (κ3) is 5.21. The Morgan fingerprint density at radius 2 is 1.54 bits per heavy atom. The fourth-order valence-electron chi connectivity index (χ4n) is 2.66. The van der Waals surface area contributed by atoms with Gasteiger partial charge in [0.25, 0.3) is 5.91 Å². The smallest absolute Gasteiger partial charge is 0.255 e. The Morgan fingerprint density at radius 1 is 0.929 bits per heavy atom. The van der Waals surface area contributed by atoms with Gasteiger partial charge in [0, 0.05) is 15.7 Å². The topological polar surface area (TPSA) is 66.5 Å². The molecule has 3 aromatic carbocycles. The highest BCUT2D eigenvalue weighted by molar-refractivity contribution is 9.10. The van der Waals surface area contributed by atoms with Crippen LogP contribution in [0.25, 0.3) is 0 Å². The summed E-state index contributed by atoms with van der Waals surface area (Å²) in [6.07, 6.45) is 1.17. The summed E-state index contributed by atoms with van der Waals surface area (Å²) in [6.45, 7) is 0.226. The molecule has 0 aliphatic carbocycles. The maximum atomic E-state index is 12.4. The Morgan fingerprint density at radius 3 is 2.11 bits per heavy atom. The lowest BCUT2D eigenvalue weighted by Crippen LogP contribution is -2.29. The van der Waals surface area contributed by atoms with Crippen LogP contribution in [0.1, 0.15) is 15.9 Å². The minimum Gasteiger partial charge on any atom is -0.322 e. The van der Waals surface area contributed by atoms with Crippen molar-refractivity contribution in [3.8, 4) is 0 Å². The highest BCUT2D eigenvalue weighted by atomic mass is 79.9. The van der Waals surface area contributed by atoms with E-state index < -0.39 is 10.0 Å². The van der Waals surface area contributed by atoms with Crippen molar-refractivity contribution < 1.29 is 13.2 Å². The molecule has 0 unspecified atom stereocenters. The van der Waals surface area contributed by atoms with Crippen molar-refractivity contribution in [2.24, 2.45) is 0 Å². The van der Waals surface area contributed by atoms with Gasteiger partial charge in [-0.3, -0.25) is 9.10 Å². The van der Waals surface area contributed by atoms with Gasteiger partial charge in [-0.25, -0.2) is 8.42 Å². The average Bonchev–Trinajstić information content (AvgIpc) is 2.68. The zero-order chi connectivity index (χ0) is 20.1. The predicted molar refractivity (Wildman–Crippen MR) is 116 cm³/mol. The lowest BCUT2D eigenvalue weighted by molar-refractivity contribution is 0.102. The normalized spacial score (nSPS) is 11.1. The van der Waals surface area contributed by atoms with Crippen molar-refractivity contribution in [1.82, 2.24) is 0 Å². The first-order valence-corrected chi connectivity index (χ1v) is 11.2. The van der Waals surface area contributed by atoms with Gasteiger partial charge in [-0.15, -0.1) is 0 Å². The zero-order valence-corrected chi connectivity index (χ0v) is 17.6. The molecule has 1 amide bonds. The highest BCUT2D eigenvalue weighted by Crippen LogP contribution is 2.22. The summed E-state index contributed by atoms with van der Waals surface area (Å²) in [5.74, 6) is -0.261. The van der Waals surface area contributed by atoms with Crippen LogP contribution in [0.5, 0.6) is 0 Å². The molecule has 1 N–H and O–H groups in total. The monoisotopic (exact) mass is 458 g/mol. The Labute approximate surface area is 173 Å². The number of benzene rings is 3. The van der Waals surface area contributed by atoms with Gasteiger partial charge in [0.1, 0.15) is 0 Å². The molecule has 0 bridgehead atoms. The molecule has 3 rings (SSSR count). The van der Waals surface area contributed by atoms with Gasteiger partial charge < -0.3 is 5.32 Å². The van der Waals surface area contributed by atoms with Crippen LogP contribution in [-0.4, -0.2) is 20.6 Å². The Bertz CT molecular complexity index is 1050. The second-order valence-electron chi connectivity index (χ2n) is 6.26. The van der Waals surface area contributed by atoms with E-state index in [1.807, 2.05) is 42.5 Å². The number of nitrogens with one attached hydrogen (secondary N) is 1. The van der Waals surface area contributed by atoms with Crippen LogP contribution in [0.2, 0.25) is 0 Å². The first-order chi connectivity index (χ1) is 13.3. The van der Waals surface area contributed by atoms with Gasteiger partial charge in [0.2, 0.25) is 10.0 Å². The summed E-state index contributed by atoms with van der Waals surface area (Å²) in [5, 5.41) is 2.81. The molecule has 144 valence electrons. The molecule has 28 heavy (non-hydrogen) atoms. The molecular formula is C21H19BrN2O3S. The van der Waals surface area contributed by atoms with Crippen LogP contribution in [0, 0.1) is 0 Å². The molecule has 7 heteroatoms. The number of hydrogen-bond acceptors (Lipinski definition) is 3. The predicted octanol–water partition coefficient (Wildman–Crippen LogP) is 4.67. The number of nitrogens with zero attached hydrogens (tertiary/aromatic N) is 1. The number of carbonyl (C=O) groups excluding carboxylic acids is 1. The molecular weight excluding hydrogens is 440 g/mol. The summed E-state index contributed by atoms with van der Waals surface area (Å²) < 4.78 is 26.8. The average molecular weight is 459 g/mol. The molecule has 0 aromatic heterocycles. The van der Waals surface area contributed by atoms with E-state index in [0.717, 1.165) is 10.0 Å². The summed E-state index contributed by atoms with van der Waals surface area (Å²) in [6, 6.07) is 23.1. The van der Waals surface area contributed by atoms with Crippen molar-refractivity contribution in [3.05, 3.63) is 94.5 Å². The largest absolute Gasteiger partial charge is 0.322 e. The van der Waals surface area contributed by atoms with Crippen LogP contribution in [0.15, 0.2) is 83.3 Å². The van der Waals surface area contributed by atoms with E-state index in [1.165, 1.54) is 10.6 Å². The lowest BCUT2D eigenvalue weighted by Gasteiger charge is -2.22. The summed E-state index contributed by atoms with van der Waals surface area (Å²) in [4.78, 5) is 12.4. The van der Waals surface area contributed by atoms with E-state index in [4.69, 9.17) is 0 Å². The van der Waals surface area contributed by atoms with Crippen LogP contribution >= 0.6 is 15.9 Å². The quantitative estimate of drug-likeness (QED) is 0.583. The fourth-order valence-corrected chi connectivity index (χ4v) is 3.82. The maximum absolute atomic E-state index is 12.4. The number of amides is 1.